The van der Waals surface area contributed by atoms with Gasteiger partial charge in [-0.1, -0.05) is 0 Å². The topological polar surface area (TPSA) is 83.5 Å². The second-order valence-corrected chi connectivity index (χ2v) is 6.85. The second kappa shape index (κ2) is 5.32. The van der Waals surface area contributed by atoms with Crippen LogP contribution in [0.1, 0.15) is 10.4 Å². The smallest absolute Gasteiger partial charge is 0.335 e. The predicted octanol–water partition coefficient (Wildman–Crippen LogP) is 3.01. The fraction of sp³-hybridized carbons (Fsp3) is 0. The van der Waals surface area contributed by atoms with Crippen molar-refractivity contribution in [2.45, 2.75) is 4.90 Å². The van der Waals surface area contributed by atoms with Gasteiger partial charge < -0.3 is 5.11 Å². The third kappa shape index (κ3) is 3.14. The number of sulfonamides is 1. The molecule has 0 amide bonds. The minimum absolute atomic E-state index is 0.0105. The zero-order valence-corrected chi connectivity index (χ0v) is 12.5. The first-order valence-electron chi connectivity index (χ1n) is 4.98. The third-order valence-electron chi connectivity index (χ3n) is 2.24. The Morgan fingerprint density at radius 1 is 1.32 bits per heavy atom. The van der Waals surface area contributed by atoms with Crippen LogP contribution in [0.2, 0.25) is 0 Å². The van der Waals surface area contributed by atoms with Crippen LogP contribution in [0.25, 0.3) is 0 Å². The monoisotopic (exact) mass is 361 g/mol. The third-order valence-corrected chi connectivity index (χ3v) is 5.28. The molecule has 8 heteroatoms. The number of hydrogen-bond acceptors (Lipinski definition) is 4. The van der Waals surface area contributed by atoms with Crippen LogP contribution in [0.3, 0.4) is 0 Å². The highest BCUT2D eigenvalue weighted by Crippen LogP contribution is 2.26. The maximum Gasteiger partial charge on any atom is 0.335 e. The van der Waals surface area contributed by atoms with Crippen LogP contribution in [-0.2, 0) is 10.0 Å². The van der Waals surface area contributed by atoms with Gasteiger partial charge in [0.2, 0.25) is 0 Å². The van der Waals surface area contributed by atoms with Gasteiger partial charge in [-0.15, -0.1) is 0 Å². The van der Waals surface area contributed by atoms with Crippen LogP contribution in [0.4, 0.5) is 5.69 Å². The summed E-state index contributed by atoms with van der Waals surface area (Å²) < 4.78 is 26.8. The van der Waals surface area contributed by atoms with Gasteiger partial charge in [-0.2, -0.15) is 11.3 Å². The molecule has 5 nitrogen and oxygen atoms in total. The Kier molecular flexibility index (Phi) is 3.93. The summed E-state index contributed by atoms with van der Waals surface area (Å²) >= 11 is 4.45. The van der Waals surface area contributed by atoms with Crippen molar-refractivity contribution in [3.05, 3.63) is 45.1 Å². The summed E-state index contributed by atoms with van der Waals surface area (Å²) in [6.07, 6.45) is 0. The minimum atomic E-state index is -3.74. The molecule has 0 spiro atoms. The largest absolute Gasteiger partial charge is 0.478 e. The molecule has 2 N–H and O–H groups in total. The summed E-state index contributed by atoms with van der Waals surface area (Å²) in [4.78, 5) is 10.8. The number of rotatable bonds is 4. The van der Waals surface area contributed by atoms with E-state index in [0.29, 0.717) is 5.69 Å². The fourth-order valence-electron chi connectivity index (χ4n) is 1.38. The van der Waals surface area contributed by atoms with Crippen molar-refractivity contribution in [3.8, 4) is 0 Å². The summed E-state index contributed by atoms with van der Waals surface area (Å²) in [6, 6.07) is 5.39. The number of carboxylic acids is 1. The Labute approximate surface area is 122 Å². The number of thiophene rings is 1. The normalized spacial score (nSPS) is 11.2. The lowest BCUT2D eigenvalue weighted by atomic mass is 10.2. The lowest BCUT2D eigenvalue weighted by Gasteiger charge is -2.08. The Morgan fingerprint density at radius 3 is 2.58 bits per heavy atom. The van der Waals surface area contributed by atoms with Gasteiger partial charge in [0.1, 0.15) is 4.90 Å². The molecule has 0 atom stereocenters. The highest BCUT2D eigenvalue weighted by Gasteiger charge is 2.19. The summed E-state index contributed by atoms with van der Waals surface area (Å²) in [5, 5.41) is 12.2. The van der Waals surface area contributed by atoms with Crippen molar-refractivity contribution >= 4 is 48.9 Å². The van der Waals surface area contributed by atoms with E-state index >= 15 is 0 Å². The van der Waals surface area contributed by atoms with Crippen LogP contribution in [-0.4, -0.2) is 19.5 Å². The maximum absolute atomic E-state index is 12.1. The number of benzene rings is 1. The fourth-order valence-corrected chi connectivity index (χ4v) is 4.18. The molecule has 0 unspecified atom stereocenters. The maximum atomic E-state index is 12.1. The van der Waals surface area contributed by atoms with Gasteiger partial charge >= 0.3 is 5.97 Å². The molecule has 0 bridgehead atoms. The van der Waals surface area contributed by atoms with E-state index in [1.54, 1.807) is 16.8 Å². The van der Waals surface area contributed by atoms with Gasteiger partial charge in [-0.05, 0) is 45.6 Å². The van der Waals surface area contributed by atoms with E-state index in [1.807, 2.05) is 0 Å². The summed E-state index contributed by atoms with van der Waals surface area (Å²) in [6.45, 7) is 0. The first kappa shape index (κ1) is 14.0. The minimum Gasteiger partial charge on any atom is -0.478 e. The summed E-state index contributed by atoms with van der Waals surface area (Å²) in [7, 11) is -3.74. The van der Waals surface area contributed by atoms with Gasteiger partial charge in [0, 0.05) is 9.85 Å². The first-order chi connectivity index (χ1) is 8.90. The van der Waals surface area contributed by atoms with Gasteiger partial charge in [-0.25, -0.2) is 13.2 Å². The molecular weight excluding hydrogens is 354 g/mol. The number of anilines is 1. The molecule has 0 aliphatic carbocycles. The molecule has 0 saturated carbocycles. The molecule has 0 radical (unpaired) electrons. The van der Waals surface area contributed by atoms with Crippen LogP contribution in [0, 0.1) is 0 Å². The molecular formula is C11H8BrNO4S2. The lowest BCUT2D eigenvalue weighted by Crippen LogP contribution is -2.13. The van der Waals surface area contributed by atoms with Gasteiger partial charge in [0.05, 0.1) is 11.3 Å². The van der Waals surface area contributed by atoms with Crippen molar-refractivity contribution in [1.29, 1.82) is 0 Å². The molecule has 19 heavy (non-hydrogen) atoms. The lowest BCUT2D eigenvalue weighted by molar-refractivity contribution is 0.0696. The predicted molar refractivity (Wildman–Crippen MR) is 76.2 cm³/mol. The SMILES string of the molecule is O=C(O)c1ccc(S(=O)(=O)Nc2ccsc2)c(Br)c1. The highest BCUT2D eigenvalue weighted by molar-refractivity contribution is 9.10. The molecule has 0 fully saturated rings. The molecule has 1 heterocycles. The second-order valence-electron chi connectivity index (χ2n) is 3.57. The first-order valence-corrected chi connectivity index (χ1v) is 8.20. The van der Waals surface area contributed by atoms with Gasteiger partial charge in [0.15, 0.2) is 0 Å². The molecule has 100 valence electrons. The quantitative estimate of drug-likeness (QED) is 0.876. The Balaban J connectivity index is 2.38. The number of aromatic carboxylic acids is 1. The number of halogens is 1. The van der Waals surface area contributed by atoms with Gasteiger partial charge in [-0.3, -0.25) is 4.72 Å². The van der Waals surface area contributed by atoms with Crippen molar-refractivity contribution < 1.29 is 18.3 Å². The van der Waals surface area contributed by atoms with Crippen LogP contribution >= 0.6 is 27.3 Å². The van der Waals surface area contributed by atoms with Crippen molar-refractivity contribution in [3.63, 3.8) is 0 Å². The summed E-state index contributed by atoms with van der Waals surface area (Å²) in [5.74, 6) is -1.12. The molecule has 0 aliphatic heterocycles. The van der Waals surface area contributed by atoms with E-state index in [2.05, 4.69) is 20.7 Å². The molecule has 0 aliphatic rings. The summed E-state index contributed by atoms with van der Waals surface area (Å²) in [5.41, 5.74) is 0.487. The molecule has 1 aromatic heterocycles. The number of carbonyl (C=O) groups is 1. The van der Waals surface area contributed by atoms with Crippen molar-refractivity contribution in [2.24, 2.45) is 0 Å². The van der Waals surface area contributed by atoms with Gasteiger partial charge in [0.25, 0.3) is 10.0 Å². The average Bonchev–Trinajstić information content (AvgIpc) is 2.80. The molecule has 2 rings (SSSR count). The van der Waals surface area contributed by atoms with Crippen LogP contribution in [0.5, 0.6) is 0 Å². The van der Waals surface area contributed by atoms with E-state index in [0.717, 1.165) is 0 Å². The van der Waals surface area contributed by atoms with Crippen molar-refractivity contribution in [2.75, 3.05) is 4.72 Å². The van der Waals surface area contributed by atoms with E-state index in [-0.39, 0.29) is 14.9 Å². The van der Waals surface area contributed by atoms with Crippen LogP contribution < -0.4 is 4.72 Å². The zero-order valence-electron chi connectivity index (χ0n) is 9.33. The Bertz CT molecular complexity index is 710. The highest BCUT2D eigenvalue weighted by atomic mass is 79.9. The Morgan fingerprint density at radius 2 is 2.05 bits per heavy atom. The molecule has 2 aromatic rings. The van der Waals surface area contributed by atoms with E-state index in [4.69, 9.17) is 5.11 Å². The number of hydrogen-bond donors (Lipinski definition) is 2. The van der Waals surface area contributed by atoms with Crippen LogP contribution in [0.15, 0.2) is 44.4 Å². The average molecular weight is 362 g/mol. The Hall–Kier alpha value is -1.38. The van der Waals surface area contributed by atoms with Crippen molar-refractivity contribution in [1.82, 2.24) is 0 Å². The molecule has 1 aromatic carbocycles. The zero-order chi connectivity index (χ0) is 14.0. The number of carboxylic acid groups (broad SMARTS) is 1. The molecule has 0 saturated heterocycles. The standard InChI is InChI=1S/C11H8BrNO4S2/c12-9-5-7(11(14)15)1-2-10(9)19(16,17)13-8-3-4-18-6-8/h1-6,13H,(H,14,15). The van der Waals surface area contributed by atoms with E-state index in [1.165, 1.54) is 29.5 Å². The number of nitrogens with one attached hydrogen (secondary N) is 1. The van der Waals surface area contributed by atoms with E-state index in [9.17, 15) is 13.2 Å². The van der Waals surface area contributed by atoms with E-state index < -0.39 is 16.0 Å².